The fourth-order valence-corrected chi connectivity index (χ4v) is 5.42. The van der Waals surface area contributed by atoms with Gasteiger partial charge in [-0.25, -0.2) is 4.99 Å². The van der Waals surface area contributed by atoms with Gasteiger partial charge in [-0.2, -0.15) is 0 Å². The van der Waals surface area contributed by atoms with Crippen LogP contribution in [0.15, 0.2) is 75.0 Å². The first-order chi connectivity index (χ1) is 18.9. The van der Waals surface area contributed by atoms with E-state index in [4.69, 9.17) is 35.5 Å². The summed E-state index contributed by atoms with van der Waals surface area (Å²) in [5.41, 5.74) is 2.49. The highest BCUT2D eigenvalue weighted by Gasteiger charge is 2.33. The van der Waals surface area contributed by atoms with Crippen molar-refractivity contribution in [3.05, 3.63) is 86.2 Å². The van der Waals surface area contributed by atoms with E-state index in [1.807, 2.05) is 73.7 Å². The molecule has 0 radical (unpaired) electrons. The van der Waals surface area contributed by atoms with Crippen molar-refractivity contribution in [3.8, 4) is 17.2 Å². The summed E-state index contributed by atoms with van der Waals surface area (Å²) < 4.78 is 23.2. The van der Waals surface area contributed by atoms with Gasteiger partial charge >= 0.3 is 0 Å². The number of aliphatic imine (C=N–C) groups is 1. The van der Waals surface area contributed by atoms with Gasteiger partial charge in [-0.1, -0.05) is 23.7 Å². The fourth-order valence-electron chi connectivity index (χ4n) is 3.70. The predicted molar refractivity (Wildman–Crippen MR) is 160 cm³/mol. The molecule has 39 heavy (non-hydrogen) atoms. The van der Waals surface area contributed by atoms with Crippen LogP contribution in [-0.2, 0) is 16.1 Å². The van der Waals surface area contributed by atoms with Crippen LogP contribution in [0.1, 0.15) is 18.1 Å². The standard InChI is InChI=1S/C29H28BrClN2O5S/c1-4-37-25-16-20(15-24(30)27(25)38-18-19-5-7-21(31)8-6-19)17-26-28(34)33(13-14-35-2)29(39-26)32-22-9-11-23(36-3)12-10-22/h5-12,15-17H,4,13-14,18H2,1-3H3/b26-17-,32-29?. The molecule has 0 saturated carbocycles. The average Bonchev–Trinajstić information content (AvgIpc) is 3.21. The molecule has 1 aliphatic heterocycles. The molecule has 3 aromatic rings. The Labute approximate surface area is 245 Å². The van der Waals surface area contributed by atoms with Crippen molar-refractivity contribution in [3.63, 3.8) is 0 Å². The summed E-state index contributed by atoms with van der Waals surface area (Å²) in [5, 5.41) is 1.25. The lowest BCUT2D eigenvalue weighted by Gasteiger charge is -2.15. The van der Waals surface area contributed by atoms with Crippen molar-refractivity contribution in [2.24, 2.45) is 4.99 Å². The van der Waals surface area contributed by atoms with Crippen LogP contribution in [0.4, 0.5) is 5.69 Å². The number of thioether (sulfide) groups is 1. The first-order valence-corrected chi connectivity index (χ1v) is 14.2. The summed E-state index contributed by atoms with van der Waals surface area (Å²) in [7, 11) is 3.22. The van der Waals surface area contributed by atoms with Crippen molar-refractivity contribution in [1.82, 2.24) is 4.90 Å². The monoisotopic (exact) mass is 630 g/mol. The number of halogens is 2. The quantitative estimate of drug-likeness (QED) is 0.206. The van der Waals surface area contributed by atoms with Gasteiger partial charge < -0.3 is 18.9 Å². The van der Waals surface area contributed by atoms with Gasteiger partial charge in [0.15, 0.2) is 16.7 Å². The van der Waals surface area contributed by atoms with Crippen molar-refractivity contribution >= 4 is 62.1 Å². The van der Waals surface area contributed by atoms with Crippen molar-refractivity contribution in [1.29, 1.82) is 0 Å². The van der Waals surface area contributed by atoms with Crippen LogP contribution >= 0.6 is 39.3 Å². The first kappa shape index (κ1) is 29.0. The maximum Gasteiger partial charge on any atom is 0.266 e. The maximum absolute atomic E-state index is 13.4. The van der Waals surface area contributed by atoms with E-state index >= 15 is 0 Å². The number of nitrogens with zero attached hydrogens (tertiary/aromatic N) is 2. The minimum absolute atomic E-state index is 0.138. The summed E-state index contributed by atoms with van der Waals surface area (Å²) in [6.45, 7) is 3.50. The second kappa shape index (κ2) is 13.9. The highest BCUT2D eigenvalue weighted by molar-refractivity contribution is 9.10. The minimum atomic E-state index is -0.138. The zero-order valence-corrected chi connectivity index (χ0v) is 24.9. The summed E-state index contributed by atoms with van der Waals surface area (Å²) in [4.78, 5) is 20.3. The van der Waals surface area contributed by atoms with Crippen LogP contribution in [0.5, 0.6) is 17.2 Å². The van der Waals surface area contributed by atoms with E-state index in [0.29, 0.717) is 57.4 Å². The van der Waals surface area contributed by atoms with Crippen molar-refractivity contribution in [2.45, 2.75) is 13.5 Å². The number of rotatable bonds is 11. The van der Waals surface area contributed by atoms with Gasteiger partial charge in [-0.15, -0.1) is 0 Å². The number of amides is 1. The lowest BCUT2D eigenvalue weighted by Crippen LogP contribution is -2.32. The molecule has 0 bridgehead atoms. The summed E-state index contributed by atoms with van der Waals surface area (Å²) in [6.07, 6.45) is 1.83. The second-order valence-electron chi connectivity index (χ2n) is 8.33. The van der Waals surface area contributed by atoms with Gasteiger partial charge in [0.2, 0.25) is 0 Å². The second-order valence-corrected chi connectivity index (χ2v) is 10.6. The zero-order valence-electron chi connectivity index (χ0n) is 21.8. The molecule has 0 atom stereocenters. The summed E-state index contributed by atoms with van der Waals surface area (Å²) >= 11 is 10.9. The molecule has 1 amide bonds. The fraction of sp³-hybridized carbons (Fsp3) is 0.241. The number of ether oxygens (including phenoxy) is 4. The van der Waals surface area contributed by atoms with E-state index in [1.54, 1.807) is 19.1 Å². The Balaban J connectivity index is 1.61. The molecule has 0 aliphatic carbocycles. The van der Waals surface area contributed by atoms with Gasteiger partial charge in [0.25, 0.3) is 5.91 Å². The molecule has 0 spiro atoms. The van der Waals surface area contributed by atoms with Gasteiger partial charge in [-0.05, 0) is 100 Å². The van der Waals surface area contributed by atoms with Gasteiger partial charge in [0.05, 0.1) is 41.9 Å². The Morgan fingerprint density at radius 3 is 2.46 bits per heavy atom. The summed E-state index contributed by atoms with van der Waals surface area (Å²) in [6, 6.07) is 18.6. The topological polar surface area (TPSA) is 69.6 Å². The third-order valence-electron chi connectivity index (χ3n) is 5.63. The third-order valence-corrected chi connectivity index (χ3v) is 7.48. The molecule has 4 rings (SSSR count). The maximum atomic E-state index is 13.4. The lowest BCUT2D eigenvalue weighted by molar-refractivity contribution is -0.122. The normalized spacial score (nSPS) is 15.3. The highest BCUT2D eigenvalue weighted by Crippen LogP contribution is 2.40. The zero-order chi connectivity index (χ0) is 27.8. The van der Waals surface area contributed by atoms with E-state index in [0.717, 1.165) is 22.6 Å². The smallest absolute Gasteiger partial charge is 0.266 e. The molecule has 1 fully saturated rings. The Bertz CT molecular complexity index is 1360. The van der Waals surface area contributed by atoms with Crippen LogP contribution in [-0.4, -0.2) is 50.0 Å². The molecule has 0 unspecified atom stereocenters. The SMILES string of the molecule is CCOc1cc(/C=C2\SC(=Nc3ccc(OC)cc3)N(CCOC)C2=O)cc(Br)c1OCc1ccc(Cl)cc1. The Morgan fingerprint density at radius 1 is 1.05 bits per heavy atom. The van der Waals surface area contributed by atoms with Gasteiger partial charge in [0, 0.05) is 12.1 Å². The van der Waals surface area contributed by atoms with E-state index < -0.39 is 0 Å². The van der Waals surface area contributed by atoms with Crippen molar-refractivity contribution in [2.75, 3.05) is 34.0 Å². The molecular formula is C29H28BrClN2O5S. The number of benzene rings is 3. The molecule has 10 heteroatoms. The van der Waals surface area contributed by atoms with E-state index in [2.05, 4.69) is 15.9 Å². The number of amidine groups is 1. The largest absolute Gasteiger partial charge is 0.497 e. The number of hydrogen-bond donors (Lipinski definition) is 0. The Kier molecular flexibility index (Phi) is 10.3. The van der Waals surface area contributed by atoms with Crippen LogP contribution in [0.2, 0.25) is 5.02 Å². The number of carbonyl (C=O) groups excluding carboxylic acids is 1. The van der Waals surface area contributed by atoms with Crippen LogP contribution in [0.25, 0.3) is 6.08 Å². The molecule has 7 nitrogen and oxygen atoms in total. The molecule has 1 heterocycles. The van der Waals surface area contributed by atoms with Crippen LogP contribution < -0.4 is 14.2 Å². The van der Waals surface area contributed by atoms with E-state index in [9.17, 15) is 4.79 Å². The van der Waals surface area contributed by atoms with E-state index in [-0.39, 0.29) is 5.91 Å². The minimum Gasteiger partial charge on any atom is -0.497 e. The molecule has 1 aliphatic rings. The van der Waals surface area contributed by atoms with E-state index in [1.165, 1.54) is 11.8 Å². The molecule has 1 saturated heterocycles. The average molecular weight is 632 g/mol. The Morgan fingerprint density at radius 2 is 1.79 bits per heavy atom. The van der Waals surface area contributed by atoms with Gasteiger partial charge in [0.1, 0.15) is 12.4 Å². The highest BCUT2D eigenvalue weighted by atomic mass is 79.9. The molecule has 204 valence electrons. The molecule has 0 aromatic heterocycles. The lowest BCUT2D eigenvalue weighted by atomic mass is 10.1. The third kappa shape index (κ3) is 7.57. The van der Waals surface area contributed by atoms with Crippen molar-refractivity contribution < 1.29 is 23.7 Å². The number of carbonyl (C=O) groups is 1. The summed E-state index contributed by atoms with van der Waals surface area (Å²) in [5.74, 6) is 1.76. The molecule has 3 aromatic carbocycles. The predicted octanol–water partition coefficient (Wildman–Crippen LogP) is 7.34. The van der Waals surface area contributed by atoms with Crippen LogP contribution in [0.3, 0.4) is 0 Å². The van der Waals surface area contributed by atoms with Gasteiger partial charge in [-0.3, -0.25) is 9.69 Å². The number of methoxy groups -OCH3 is 2. The Hall–Kier alpha value is -2.98. The molecule has 0 N–H and O–H groups in total. The van der Waals surface area contributed by atoms with Crippen LogP contribution in [0, 0.1) is 0 Å². The first-order valence-electron chi connectivity index (χ1n) is 12.2. The molecular weight excluding hydrogens is 604 g/mol. The number of hydrogen-bond acceptors (Lipinski definition) is 7.